The van der Waals surface area contributed by atoms with Crippen molar-refractivity contribution in [2.75, 3.05) is 20.3 Å². The van der Waals surface area contributed by atoms with E-state index in [1.165, 1.54) is 22.7 Å². The molecule has 2 bridgehead atoms. The van der Waals surface area contributed by atoms with E-state index in [1.807, 2.05) is 29.0 Å². The zero-order chi connectivity index (χ0) is 27.2. The molecule has 0 radical (unpaired) electrons. The summed E-state index contributed by atoms with van der Waals surface area (Å²) in [5.41, 5.74) is 0.353. The van der Waals surface area contributed by atoms with Crippen LogP contribution in [0.1, 0.15) is 36.5 Å². The minimum Gasteiger partial charge on any atom is -0.482 e. The number of quaternary nitrogens is 1. The number of nitrogens with zero attached hydrogens (tertiary/aromatic N) is 1. The first-order valence-corrected chi connectivity index (χ1v) is 15.1. The molecule has 8 nitrogen and oxygen atoms in total. The number of morpholine rings is 1. The van der Waals surface area contributed by atoms with E-state index in [4.69, 9.17) is 18.9 Å². The van der Waals surface area contributed by atoms with E-state index >= 15 is 0 Å². The van der Waals surface area contributed by atoms with E-state index in [1.54, 1.807) is 29.8 Å². The van der Waals surface area contributed by atoms with Gasteiger partial charge in [-0.05, 0) is 52.7 Å². The van der Waals surface area contributed by atoms with Crippen molar-refractivity contribution in [2.45, 2.75) is 62.3 Å². The molecule has 10 heteroatoms. The number of carbonyl (C=O) groups is 2. The molecule has 1 N–H and O–H groups in total. The van der Waals surface area contributed by atoms with E-state index in [-0.39, 0.29) is 37.0 Å². The Hall–Kier alpha value is -2.76. The number of piperidine rings is 1. The Kier molecular flexibility index (Phi) is 7.01. The van der Waals surface area contributed by atoms with Crippen LogP contribution in [0.2, 0.25) is 0 Å². The zero-order valence-corrected chi connectivity index (χ0v) is 23.5. The summed E-state index contributed by atoms with van der Waals surface area (Å²) >= 11 is 2.87. The zero-order valence-electron chi connectivity index (χ0n) is 21.9. The number of esters is 2. The highest BCUT2D eigenvalue weighted by atomic mass is 32.1. The van der Waals surface area contributed by atoms with Crippen LogP contribution < -0.4 is 4.74 Å². The van der Waals surface area contributed by atoms with Crippen LogP contribution in [0.25, 0.3) is 0 Å². The summed E-state index contributed by atoms with van der Waals surface area (Å²) in [4.78, 5) is 25.2. The summed E-state index contributed by atoms with van der Waals surface area (Å²) in [5.74, 6) is -0.384. The molecule has 5 heterocycles. The van der Waals surface area contributed by atoms with Gasteiger partial charge in [-0.25, -0.2) is 9.59 Å². The molecule has 3 saturated heterocycles. The average Bonchev–Trinajstić information content (AvgIpc) is 3.25. The number of ether oxygens (including phenoxy) is 4. The number of likely N-dealkylation sites (N-methyl/N-ethyl adjacent to an activating group) is 1. The predicted molar refractivity (Wildman–Crippen MR) is 145 cm³/mol. The fraction of sp³-hybridized carbons (Fsp3) is 0.448. The van der Waals surface area contributed by atoms with Gasteiger partial charge in [0, 0.05) is 29.5 Å². The summed E-state index contributed by atoms with van der Waals surface area (Å²) < 4.78 is 23.5. The summed E-state index contributed by atoms with van der Waals surface area (Å²) in [5, 5.41) is 18.9. The second-order valence-corrected chi connectivity index (χ2v) is 12.2. The largest absolute Gasteiger partial charge is 0.482 e. The number of hydrogen-bond donors (Lipinski definition) is 1. The van der Waals surface area contributed by atoms with Gasteiger partial charge in [0.05, 0.1) is 13.7 Å². The van der Waals surface area contributed by atoms with Crippen LogP contribution in [-0.2, 0) is 35.9 Å². The molecule has 1 aromatic carbocycles. The highest BCUT2D eigenvalue weighted by Crippen LogP contribution is 2.53. The van der Waals surface area contributed by atoms with Crippen LogP contribution in [-0.4, -0.2) is 72.2 Å². The second kappa shape index (κ2) is 10.3. The topological polar surface area (TPSA) is 94.6 Å². The van der Waals surface area contributed by atoms with Gasteiger partial charge in [-0.2, -0.15) is 22.7 Å². The first kappa shape index (κ1) is 26.5. The Bertz CT molecular complexity index is 1270. The van der Waals surface area contributed by atoms with Gasteiger partial charge in [-0.3, -0.25) is 0 Å². The third kappa shape index (κ3) is 4.78. The maximum atomic E-state index is 13.6. The number of carbonyl (C=O) groups excluding carboxylic acids is 2. The molecule has 206 valence electrons. The van der Waals surface area contributed by atoms with E-state index in [2.05, 4.69) is 13.1 Å². The van der Waals surface area contributed by atoms with E-state index in [0.717, 1.165) is 16.6 Å². The van der Waals surface area contributed by atoms with Crippen LogP contribution in [0, 0.1) is 0 Å². The third-order valence-electron chi connectivity index (χ3n) is 8.37. The lowest BCUT2D eigenvalue weighted by atomic mass is 9.89. The molecule has 3 aliphatic rings. The maximum Gasteiger partial charge on any atom is 0.348 e. The Labute approximate surface area is 235 Å². The predicted octanol–water partition coefficient (Wildman–Crippen LogP) is 3.86. The van der Waals surface area contributed by atoms with Crippen molar-refractivity contribution in [1.82, 2.24) is 0 Å². The Morgan fingerprint density at radius 1 is 1.08 bits per heavy atom. The summed E-state index contributed by atoms with van der Waals surface area (Å²) in [7, 11) is 2.25. The number of thiophene rings is 2. The monoisotopic (exact) mass is 570 g/mol. The fourth-order valence-electron chi connectivity index (χ4n) is 6.44. The Morgan fingerprint density at radius 2 is 1.74 bits per heavy atom. The lowest BCUT2D eigenvalue weighted by molar-refractivity contribution is -0.968. The van der Waals surface area contributed by atoms with E-state index in [0.29, 0.717) is 36.3 Å². The minimum absolute atomic E-state index is 0.122. The molecule has 3 fully saturated rings. The van der Waals surface area contributed by atoms with Crippen LogP contribution in [0.3, 0.4) is 0 Å². The van der Waals surface area contributed by atoms with Crippen LogP contribution in [0.5, 0.6) is 5.75 Å². The smallest absolute Gasteiger partial charge is 0.348 e. The van der Waals surface area contributed by atoms with Gasteiger partial charge in [0.2, 0.25) is 5.60 Å². The van der Waals surface area contributed by atoms with Gasteiger partial charge in [0.1, 0.15) is 42.7 Å². The summed E-state index contributed by atoms with van der Waals surface area (Å²) in [6.07, 6.45) is 1.35. The standard InChI is InChI=1S/C29H32NO7S2/c1-3-34-25(31)15-35-21-6-4-5-18(11-21)14-30(2)23-12-22(13-24(30)27-26(23)37-27)36-28(32)29(33,19-7-9-38-16-19)20-8-10-39-17-20/h4-11,16-17,22-24,26-27,33H,3,12-15H2,1-2H3/q+1/t22?,23-,24+,26-,27+,30?. The van der Waals surface area contributed by atoms with Gasteiger partial charge < -0.3 is 28.5 Å². The molecule has 6 atom stereocenters. The summed E-state index contributed by atoms with van der Waals surface area (Å²) in [6, 6.07) is 11.7. The third-order valence-corrected chi connectivity index (χ3v) is 9.74. The Morgan fingerprint density at radius 3 is 2.33 bits per heavy atom. The molecule has 0 aliphatic carbocycles. The average molecular weight is 571 g/mol. The molecular formula is C29H32NO7S2+. The molecule has 0 saturated carbocycles. The molecule has 2 aromatic heterocycles. The first-order valence-electron chi connectivity index (χ1n) is 13.2. The molecule has 39 heavy (non-hydrogen) atoms. The number of benzene rings is 1. The molecule has 0 amide bonds. The number of rotatable bonds is 10. The van der Waals surface area contributed by atoms with Crippen LogP contribution >= 0.6 is 22.7 Å². The fourth-order valence-corrected chi connectivity index (χ4v) is 7.84. The lowest BCUT2D eigenvalue weighted by Crippen LogP contribution is -2.62. The van der Waals surface area contributed by atoms with Gasteiger partial charge in [0.15, 0.2) is 6.61 Å². The lowest BCUT2D eigenvalue weighted by Gasteiger charge is -2.48. The second-order valence-electron chi connectivity index (χ2n) is 10.7. The van der Waals surface area contributed by atoms with E-state index < -0.39 is 17.5 Å². The summed E-state index contributed by atoms with van der Waals surface area (Å²) in [6.45, 7) is 2.74. The molecule has 2 unspecified atom stereocenters. The van der Waals surface area contributed by atoms with Crippen LogP contribution in [0.4, 0.5) is 0 Å². The van der Waals surface area contributed by atoms with Crippen molar-refractivity contribution < 1.29 is 38.1 Å². The maximum absolute atomic E-state index is 13.6. The molecule has 0 spiro atoms. The van der Waals surface area contributed by atoms with E-state index in [9.17, 15) is 14.7 Å². The number of fused-ring (bicyclic) bond motifs is 5. The molecule has 6 rings (SSSR count). The van der Waals surface area contributed by atoms with Gasteiger partial charge in [-0.15, -0.1) is 0 Å². The molecule has 3 aromatic rings. The Balaban J connectivity index is 1.15. The SMILES string of the molecule is CCOC(=O)COc1cccc(C[N+]2(C)[C@@H]3CC(OC(=O)C(O)(c4ccsc4)c4ccsc4)C[C@H]2[C@@H]2O[C@@H]23)c1. The van der Waals surface area contributed by atoms with Gasteiger partial charge >= 0.3 is 11.9 Å². The minimum atomic E-state index is -1.82. The highest BCUT2D eigenvalue weighted by Gasteiger charge is 2.72. The number of hydrogen-bond acceptors (Lipinski definition) is 9. The van der Waals surface area contributed by atoms with Crippen molar-refractivity contribution in [1.29, 1.82) is 0 Å². The van der Waals surface area contributed by atoms with Crippen LogP contribution in [0.15, 0.2) is 57.9 Å². The van der Waals surface area contributed by atoms with Gasteiger partial charge in [-0.1, -0.05) is 12.1 Å². The quantitative estimate of drug-likeness (QED) is 0.225. The van der Waals surface area contributed by atoms with Crippen molar-refractivity contribution in [3.63, 3.8) is 0 Å². The van der Waals surface area contributed by atoms with Crippen molar-refractivity contribution >= 4 is 34.6 Å². The van der Waals surface area contributed by atoms with Crippen molar-refractivity contribution in [2.24, 2.45) is 0 Å². The van der Waals surface area contributed by atoms with Gasteiger partial charge in [0.25, 0.3) is 0 Å². The number of aliphatic hydroxyl groups is 1. The molecule has 3 aliphatic heterocycles. The van der Waals surface area contributed by atoms with Crippen molar-refractivity contribution in [3.05, 3.63) is 74.6 Å². The highest BCUT2D eigenvalue weighted by molar-refractivity contribution is 7.08. The van der Waals surface area contributed by atoms with Crippen molar-refractivity contribution in [3.8, 4) is 5.75 Å². The molecular weight excluding hydrogens is 538 g/mol. The number of epoxide rings is 1. The first-order chi connectivity index (χ1) is 18.8. The normalized spacial score (nSPS) is 28.9.